The molecule has 0 amide bonds. The van der Waals surface area contributed by atoms with Crippen LogP contribution in [0.4, 0.5) is 0 Å². The Hall–Kier alpha value is -1.17. The van der Waals surface area contributed by atoms with E-state index in [2.05, 4.69) is 34.5 Å². The Balaban J connectivity index is 1.65. The minimum atomic E-state index is -2.98. The zero-order valence-corrected chi connectivity index (χ0v) is 12.9. The van der Waals surface area contributed by atoms with E-state index in [9.17, 15) is 8.42 Å². The van der Waals surface area contributed by atoms with Crippen molar-refractivity contribution < 1.29 is 8.42 Å². The molecule has 0 aliphatic carbocycles. The molecular weight excluding hydrogens is 284 g/mol. The van der Waals surface area contributed by atoms with Crippen molar-refractivity contribution in [2.45, 2.75) is 24.9 Å². The smallest absolute Gasteiger partial charge is 0.173 e. The number of rotatable bonds is 3. The van der Waals surface area contributed by atoms with E-state index in [4.69, 9.17) is 0 Å². The molecule has 1 fully saturated rings. The summed E-state index contributed by atoms with van der Waals surface area (Å²) in [5.41, 5.74) is 1.33. The average Bonchev–Trinajstić information content (AvgIpc) is 2.69. The molecule has 5 heteroatoms. The number of benzene rings is 1. The van der Waals surface area contributed by atoms with Crippen LogP contribution in [0, 0.1) is 0 Å². The van der Waals surface area contributed by atoms with Gasteiger partial charge in [0.2, 0.25) is 0 Å². The van der Waals surface area contributed by atoms with Gasteiger partial charge in [-0.2, -0.15) is 0 Å². The van der Waals surface area contributed by atoms with Crippen LogP contribution >= 0.6 is 0 Å². The lowest BCUT2D eigenvalue weighted by atomic mass is 10.1. The van der Waals surface area contributed by atoms with E-state index in [-0.39, 0.29) is 11.8 Å². The molecule has 2 atom stereocenters. The lowest BCUT2D eigenvalue weighted by Crippen LogP contribution is -2.44. The Bertz CT molecular complexity index is 598. The predicted octanol–water partition coefficient (Wildman–Crippen LogP) is 1.20. The van der Waals surface area contributed by atoms with Crippen LogP contribution in [0.5, 0.6) is 0 Å². The highest BCUT2D eigenvalue weighted by atomic mass is 32.2. The van der Waals surface area contributed by atoms with Crippen molar-refractivity contribution >= 4 is 9.84 Å². The summed E-state index contributed by atoms with van der Waals surface area (Å²) in [4.78, 5) is 2.31. The Morgan fingerprint density at radius 2 is 2.05 bits per heavy atom. The summed E-state index contributed by atoms with van der Waals surface area (Å²) in [6.07, 6.45) is 3.90. The van der Waals surface area contributed by atoms with Crippen LogP contribution in [0.1, 0.15) is 12.0 Å². The van der Waals surface area contributed by atoms with Gasteiger partial charge in [0.05, 0.1) is 5.75 Å². The fraction of sp³-hybridized carbons (Fsp3) is 0.500. The van der Waals surface area contributed by atoms with E-state index in [1.54, 1.807) is 0 Å². The number of nitrogens with zero attached hydrogens (tertiary/aromatic N) is 1. The molecule has 1 aromatic rings. The molecule has 4 nitrogen and oxygen atoms in total. The number of sulfone groups is 1. The second-order valence-corrected chi connectivity index (χ2v) is 7.85. The van der Waals surface area contributed by atoms with Gasteiger partial charge in [-0.15, -0.1) is 0 Å². The van der Waals surface area contributed by atoms with E-state index in [1.807, 2.05) is 12.1 Å². The summed E-state index contributed by atoms with van der Waals surface area (Å²) in [6.45, 7) is 2.86. The Labute approximate surface area is 126 Å². The van der Waals surface area contributed by atoms with Crippen LogP contribution in [-0.4, -0.2) is 50.8 Å². The molecule has 2 unspecified atom stereocenters. The maximum Gasteiger partial charge on any atom is 0.173 e. The van der Waals surface area contributed by atoms with Gasteiger partial charge in [-0.3, -0.25) is 4.90 Å². The average molecular weight is 306 g/mol. The molecule has 0 bridgehead atoms. The zero-order valence-electron chi connectivity index (χ0n) is 12.1. The topological polar surface area (TPSA) is 49.4 Å². The molecule has 1 aromatic carbocycles. The van der Waals surface area contributed by atoms with Gasteiger partial charge in [0.25, 0.3) is 0 Å². The van der Waals surface area contributed by atoms with Crippen LogP contribution in [0.25, 0.3) is 0 Å². The minimum absolute atomic E-state index is 0.0492. The van der Waals surface area contributed by atoms with Gasteiger partial charge in [-0.05, 0) is 24.9 Å². The predicted molar refractivity (Wildman–Crippen MR) is 84.8 cm³/mol. The van der Waals surface area contributed by atoms with Crippen LogP contribution in [0.3, 0.4) is 0 Å². The molecule has 1 saturated heterocycles. The first-order valence-corrected chi connectivity index (χ1v) is 9.26. The molecule has 0 radical (unpaired) electrons. The third-order valence-corrected chi connectivity index (χ3v) is 5.59. The highest BCUT2D eigenvalue weighted by molar-refractivity contribution is 7.94. The molecular formula is C16H22N2O2S. The molecule has 2 heterocycles. The largest absolute Gasteiger partial charge is 0.312 e. The zero-order chi connectivity index (χ0) is 14.7. The molecule has 0 saturated carbocycles. The number of hydrogen-bond acceptors (Lipinski definition) is 4. The summed E-state index contributed by atoms with van der Waals surface area (Å²) >= 11 is 0. The first kappa shape index (κ1) is 14.8. The number of nitrogens with one attached hydrogen (secondary N) is 1. The number of hydrogen-bond donors (Lipinski definition) is 1. The van der Waals surface area contributed by atoms with Crippen molar-refractivity contribution in [2.24, 2.45) is 0 Å². The first-order chi connectivity index (χ1) is 10.1. The quantitative estimate of drug-likeness (QED) is 0.912. The van der Waals surface area contributed by atoms with E-state index in [0.29, 0.717) is 6.04 Å². The molecule has 21 heavy (non-hydrogen) atoms. The second-order valence-electron chi connectivity index (χ2n) is 5.91. The van der Waals surface area contributed by atoms with E-state index >= 15 is 0 Å². The van der Waals surface area contributed by atoms with E-state index < -0.39 is 9.84 Å². The molecule has 1 N–H and O–H groups in total. The van der Waals surface area contributed by atoms with Crippen LogP contribution < -0.4 is 5.32 Å². The van der Waals surface area contributed by atoms with Gasteiger partial charge < -0.3 is 5.32 Å². The van der Waals surface area contributed by atoms with Crippen molar-refractivity contribution in [2.75, 3.05) is 25.4 Å². The third-order valence-electron chi connectivity index (χ3n) is 4.22. The van der Waals surface area contributed by atoms with Gasteiger partial charge in [-0.1, -0.05) is 36.4 Å². The Morgan fingerprint density at radius 1 is 1.24 bits per heavy atom. The van der Waals surface area contributed by atoms with Crippen LogP contribution in [0.2, 0.25) is 0 Å². The fourth-order valence-electron chi connectivity index (χ4n) is 3.15. The van der Waals surface area contributed by atoms with E-state index in [0.717, 1.165) is 32.5 Å². The normalized spacial score (nSPS) is 29.3. The summed E-state index contributed by atoms with van der Waals surface area (Å²) in [5, 5.41) is 4.97. The van der Waals surface area contributed by atoms with Crippen molar-refractivity contribution in [1.82, 2.24) is 10.2 Å². The molecule has 0 spiro atoms. The summed E-state index contributed by atoms with van der Waals surface area (Å²) in [6, 6.07) is 10.9. The highest BCUT2D eigenvalue weighted by Gasteiger charge is 2.29. The first-order valence-electron chi connectivity index (χ1n) is 7.55. The molecule has 3 rings (SSSR count). The summed E-state index contributed by atoms with van der Waals surface area (Å²) < 4.78 is 23.2. The highest BCUT2D eigenvalue weighted by Crippen LogP contribution is 2.17. The van der Waals surface area contributed by atoms with Gasteiger partial charge in [0, 0.05) is 30.6 Å². The van der Waals surface area contributed by atoms with E-state index in [1.165, 1.54) is 11.0 Å². The lowest BCUT2D eigenvalue weighted by molar-refractivity contribution is 0.239. The fourth-order valence-corrected chi connectivity index (χ4v) is 4.48. The summed E-state index contributed by atoms with van der Waals surface area (Å²) in [7, 11) is -2.98. The second kappa shape index (κ2) is 6.30. The maximum absolute atomic E-state index is 11.6. The van der Waals surface area contributed by atoms with Crippen molar-refractivity contribution in [3.63, 3.8) is 0 Å². The molecule has 114 valence electrons. The van der Waals surface area contributed by atoms with Crippen molar-refractivity contribution in [3.8, 4) is 0 Å². The van der Waals surface area contributed by atoms with Gasteiger partial charge in [-0.25, -0.2) is 8.42 Å². The molecule has 0 aromatic heterocycles. The SMILES string of the molecule is O=S1(=O)C=CC(N2CCCNC(Cc3ccccc3)C2)C1. The molecule has 2 aliphatic rings. The molecule has 2 aliphatic heterocycles. The van der Waals surface area contributed by atoms with Gasteiger partial charge >= 0.3 is 0 Å². The Morgan fingerprint density at radius 3 is 2.76 bits per heavy atom. The maximum atomic E-state index is 11.6. The summed E-state index contributed by atoms with van der Waals surface area (Å²) in [5.74, 6) is 0.241. The monoisotopic (exact) mass is 306 g/mol. The Kier molecular flexibility index (Phi) is 4.42. The van der Waals surface area contributed by atoms with Crippen molar-refractivity contribution in [3.05, 3.63) is 47.4 Å². The van der Waals surface area contributed by atoms with Gasteiger partial charge in [0.1, 0.15) is 0 Å². The lowest BCUT2D eigenvalue weighted by Gasteiger charge is -2.28. The minimum Gasteiger partial charge on any atom is -0.312 e. The van der Waals surface area contributed by atoms with Crippen molar-refractivity contribution in [1.29, 1.82) is 0 Å². The van der Waals surface area contributed by atoms with Crippen LogP contribution in [0.15, 0.2) is 41.8 Å². The van der Waals surface area contributed by atoms with Crippen LogP contribution in [-0.2, 0) is 16.3 Å². The van der Waals surface area contributed by atoms with Gasteiger partial charge in [0.15, 0.2) is 9.84 Å². The third kappa shape index (κ3) is 3.93. The standard InChI is InChI=1S/C16H22N2O2S/c19-21(20)10-7-16(13-21)18-9-4-8-17-15(12-18)11-14-5-2-1-3-6-14/h1-3,5-7,10,15-17H,4,8-9,11-13H2.